The fourth-order valence-corrected chi connectivity index (χ4v) is 1.66. The first kappa shape index (κ1) is 11.9. The van der Waals surface area contributed by atoms with Crippen LogP contribution >= 0.6 is 0 Å². The normalized spacial score (nSPS) is 11.3. The van der Waals surface area contributed by atoms with Crippen molar-refractivity contribution in [3.63, 3.8) is 0 Å². The molecule has 0 radical (unpaired) electrons. The van der Waals surface area contributed by atoms with E-state index in [1.165, 1.54) is 5.56 Å². The molecule has 0 saturated heterocycles. The summed E-state index contributed by atoms with van der Waals surface area (Å²) in [7, 11) is 1.67. The average Bonchev–Trinajstić information content (AvgIpc) is 2.15. The molecule has 15 heavy (non-hydrogen) atoms. The van der Waals surface area contributed by atoms with Gasteiger partial charge in [0.2, 0.25) is 0 Å². The molecule has 0 atom stereocenters. The number of rotatable bonds is 2. The van der Waals surface area contributed by atoms with Crippen molar-refractivity contribution in [3.05, 3.63) is 23.3 Å². The molecule has 84 valence electrons. The van der Waals surface area contributed by atoms with E-state index in [0.29, 0.717) is 0 Å². The van der Waals surface area contributed by atoms with Crippen LogP contribution in [0.3, 0.4) is 0 Å². The van der Waals surface area contributed by atoms with Gasteiger partial charge in [0.1, 0.15) is 5.75 Å². The van der Waals surface area contributed by atoms with Crippen LogP contribution in [-0.4, -0.2) is 7.11 Å². The van der Waals surface area contributed by atoms with Crippen LogP contribution in [0.5, 0.6) is 5.75 Å². The third kappa shape index (κ3) is 2.42. The van der Waals surface area contributed by atoms with E-state index in [-0.39, 0.29) is 5.41 Å². The van der Waals surface area contributed by atoms with Crippen molar-refractivity contribution < 1.29 is 4.74 Å². The van der Waals surface area contributed by atoms with Gasteiger partial charge in [0, 0.05) is 5.56 Å². The molecule has 0 amide bonds. The molecule has 0 heterocycles. The Labute approximate surface area is 91.6 Å². The van der Waals surface area contributed by atoms with Gasteiger partial charge in [-0.15, -0.1) is 0 Å². The predicted molar refractivity (Wildman–Crippen MR) is 64.2 cm³/mol. The summed E-state index contributed by atoms with van der Waals surface area (Å²) in [5, 5.41) is 0. The minimum absolute atomic E-state index is 0.0446. The molecule has 0 saturated carbocycles. The van der Waals surface area contributed by atoms with E-state index < -0.39 is 0 Å². The van der Waals surface area contributed by atoms with E-state index >= 15 is 0 Å². The maximum atomic E-state index is 5.48. The van der Waals surface area contributed by atoms with Gasteiger partial charge in [-0.05, 0) is 24.0 Å². The standard InChI is InChI=1S/C12H20N2O/c1-8-6-9(12(2,3)4)11(15-5)10(7-8)14-13/h6-7,14H,13H2,1-5H3. The summed E-state index contributed by atoms with van der Waals surface area (Å²) in [5.41, 5.74) is 5.89. The van der Waals surface area contributed by atoms with Gasteiger partial charge in [-0.1, -0.05) is 26.8 Å². The molecule has 0 unspecified atom stereocenters. The lowest BCUT2D eigenvalue weighted by atomic mass is 9.85. The number of ether oxygens (including phenoxy) is 1. The van der Waals surface area contributed by atoms with E-state index in [2.05, 4.69) is 39.2 Å². The fraction of sp³-hybridized carbons (Fsp3) is 0.500. The zero-order chi connectivity index (χ0) is 11.6. The van der Waals surface area contributed by atoms with Crippen molar-refractivity contribution in [1.29, 1.82) is 0 Å². The zero-order valence-electron chi connectivity index (χ0n) is 10.1. The molecule has 3 nitrogen and oxygen atoms in total. The number of benzene rings is 1. The molecule has 3 heteroatoms. The van der Waals surface area contributed by atoms with Gasteiger partial charge in [0.15, 0.2) is 0 Å². The number of hydrogen-bond donors (Lipinski definition) is 2. The molecule has 0 fully saturated rings. The lowest BCUT2D eigenvalue weighted by Gasteiger charge is -2.24. The van der Waals surface area contributed by atoms with E-state index in [1.54, 1.807) is 7.11 Å². The van der Waals surface area contributed by atoms with Gasteiger partial charge in [-0.3, -0.25) is 5.84 Å². The van der Waals surface area contributed by atoms with E-state index in [4.69, 9.17) is 10.6 Å². The second kappa shape index (κ2) is 4.11. The Morgan fingerprint density at radius 1 is 1.27 bits per heavy atom. The third-order valence-electron chi connectivity index (χ3n) is 2.40. The van der Waals surface area contributed by atoms with Crippen LogP contribution in [0.15, 0.2) is 12.1 Å². The van der Waals surface area contributed by atoms with E-state index in [9.17, 15) is 0 Å². The van der Waals surface area contributed by atoms with Crippen LogP contribution < -0.4 is 16.0 Å². The second-order valence-corrected chi connectivity index (χ2v) is 4.79. The van der Waals surface area contributed by atoms with Gasteiger partial charge < -0.3 is 10.2 Å². The summed E-state index contributed by atoms with van der Waals surface area (Å²) >= 11 is 0. The second-order valence-electron chi connectivity index (χ2n) is 4.79. The van der Waals surface area contributed by atoms with Crippen molar-refractivity contribution in [2.45, 2.75) is 33.1 Å². The number of nitrogens with two attached hydrogens (primary N) is 1. The molecule has 0 aliphatic rings. The number of methoxy groups -OCH3 is 1. The molecular formula is C12H20N2O. The number of hydrazine groups is 1. The highest BCUT2D eigenvalue weighted by atomic mass is 16.5. The van der Waals surface area contributed by atoms with Crippen molar-refractivity contribution in [2.24, 2.45) is 5.84 Å². The first-order valence-corrected chi connectivity index (χ1v) is 5.06. The minimum Gasteiger partial charge on any atom is -0.494 e. The van der Waals surface area contributed by atoms with Crippen LogP contribution in [0.4, 0.5) is 5.69 Å². The highest BCUT2D eigenvalue weighted by molar-refractivity contribution is 5.62. The monoisotopic (exact) mass is 208 g/mol. The summed E-state index contributed by atoms with van der Waals surface area (Å²) in [6, 6.07) is 4.12. The van der Waals surface area contributed by atoms with Crippen molar-refractivity contribution in [1.82, 2.24) is 0 Å². The number of nitrogen functional groups attached to an aromatic ring is 1. The van der Waals surface area contributed by atoms with E-state index in [1.807, 2.05) is 6.07 Å². The van der Waals surface area contributed by atoms with Gasteiger partial charge in [0.25, 0.3) is 0 Å². The van der Waals surface area contributed by atoms with Crippen LogP contribution in [-0.2, 0) is 5.41 Å². The molecule has 0 spiro atoms. The van der Waals surface area contributed by atoms with Gasteiger partial charge >= 0.3 is 0 Å². The Balaban J connectivity index is 3.42. The summed E-state index contributed by atoms with van der Waals surface area (Å²) in [6.45, 7) is 8.52. The maximum Gasteiger partial charge on any atom is 0.147 e. The average molecular weight is 208 g/mol. The SMILES string of the molecule is COc1c(NN)cc(C)cc1C(C)(C)C. The summed E-state index contributed by atoms with van der Waals surface area (Å²) in [5.74, 6) is 6.31. The number of anilines is 1. The minimum atomic E-state index is 0.0446. The number of nitrogens with one attached hydrogen (secondary N) is 1. The predicted octanol–water partition coefficient (Wildman–Crippen LogP) is 2.59. The van der Waals surface area contributed by atoms with Gasteiger partial charge in [0.05, 0.1) is 12.8 Å². The summed E-state index contributed by atoms with van der Waals surface area (Å²) in [6.07, 6.45) is 0. The van der Waals surface area contributed by atoms with Crippen LogP contribution in [0, 0.1) is 6.92 Å². The highest BCUT2D eigenvalue weighted by Gasteiger charge is 2.21. The largest absolute Gasteiger partial charge is 0.494 e. The smallest absolute Gasteiger partial charge is 0.147 e. The Morgan fingerprint density at radius 2 is 1.87 bits per heavy atom. The Bertz CT molecular complexity index is 353. The number of hydrogen-bond acceptors (Lipinski definition) is 3. The topological polar surface area (TPSA) is 47.3 Å². The molecular weight excluding hydrogens is 188 g/mol. The van der Waals surface area contributed by atoms with Crippen LogP contribution in [0.2, 0.25) is 0 Å². The van der Waals surface area contributed by atoms with Crippen LogP contribution in [0.25, 0.3) is 0 Å². The molecule has 0 bridgehead atoms. The Hall–Kier alpha value is -1.22. The fourth-order valence-electron chi connectivity index (χ4n) is 1.66. The van der Waals surface area contributed by atoms with Crippen molar-refractivity contribution >= 4 is 5.69 Å². The third-order valence-corrected chi connectivity index (χ3v) is 2.40. The van der Waals surface area contributed by atoms with Crippen molar-refractivity contribution in [2.75, 3.05) is 12.5 Å². The van der Waals surface area contributed by atoms with Crippen molar-refractivity contribution in [3.8, 4) is 5.75 Å². The number of aryl methyl sites for hydroxylation is 1. The molecule has 1 rings (SSSR count). The van der Waals surface area contributed by atoms with Gasteiger partial charge in [-0.2, -0.15) is 0 Å². The molecule has 0 aliphatic heterocycles. The quantitative estimate of drug-likeness (QED) is 0.580. The molecule has 0 aliphatic carbocycles. The lowest BCUT2D eigenvalue weighted by molar-refractivity contribution is 0.399. The Morgan fingerprint density at radius 3 is 2.27 bits per heavy atom. The maximum absolute atomic E-state index is 5.48. The Kier molecular flexibility index (Phi) is 3.25. The lowest BCUT2D eigenvalue weighted by Crippen LogP contribution is -2.16. The molecule has 0 aromatic heterocycles. The molecule has 3 N–H and O–H groups in total. The highest BCUT2D eigenvalue weighted by Crippen LogP contribution is 2.37. The van der Waals surface area contributed by atoms with Crippen LogP contribution in [0.1, 0.15) is 31.9 Å². The molecule has 1 aromatic carbocycles. The summed E-state index contributed by atoms with van der Waals surface area (Å²) < 4.78 is 5.41. The molecule has 1 aromatic rings. The first-order chi connectivity index (χ1) is 6.90. The summed E-state index contributed by atoms with van der Waals surface area (Å²) in [4.78, 5) is 0. The zero-order valence-corrected chi connectivity index (χ0v) is 10.1. The van der Waals surface area contributed by atoms with E-state index in [0.717, 1.165) is 17.0 Å². The van der Waals surface area contributed by atoms with Gasteiger partial charge in [-0.25, -0.2) is 0 Å². The first-order valence-electron chi connectivity index (χ1n) is 5.06.